The Balaban J connectivity index is 0.903. The number of aliphatic hydroxyl groups is 1. The van der Waals surface area contributed by atoms with E-state index in [9.17, 15) is 14.7 Å². The van der Waals surface area contributed by atoms with Crippen LogP contribution in [0.1, 0.15) is 106 Å². The SMILES string of the molecule is C[C@@H]1C[C@@H](O)c2ncnc(N3CCN(C(=O)[C@H](CN4CCC(OC5CCN(C(=O)[C@H](N)C6CCCCC6)CC5)CC4)c4ccc(Cl)cc4)CC3)c21. The number of rotatable bonds is 9. The molecule has 5 aliphatic rings. The van der Waals surface area contributed by atoms with Crippen molar-refractivity contribution in [2.24, 2.45) is 11.7 Å². The molecule has 2 aromatic rings. The highest BCUT2D eigenvalue weighted by atomic mass is 35.5. The van der Waals surface area contributed by atoms with E-state index < -0.39 is 6.10 Å². The van der Waals surface area contributed by atoms with Crippen LogP contribution in [0, 0.1) is 5.92 Å². The number of piperidine rings is 2. The van der Waals surface area contributed by atoms with Crippen molar-refractivity contribution in [2.45, 2.75) is 107 Å². The molecule has 2 aliphatic carbocycles. The van der Waals surface area contributed by atoms with E-state index in [0.29, 0.717) is 50.1 Å². The predicted molar refractivity (Wildman–Crippen MR) is 198 cm³/mol. The Labute approximate surface area is 307 Å². The van der Waals surface area contributed by atoms with Crippen LogP contribution < -0.4 is 10.6 Å². The lowest BCUT2D eigenvalue weighted by atomic mass is 9.83. The minimum atomic E-state index is -0.540. The van der Waals surface area contributed by atoms with Gasteiger partial charge in [0.05, 0.1) is 36.0 Å². The monoisotopic (exact) mass is 721 g/mol. The average Bonchev–Trinajstić information content (AvgIpc) is 3.47. The second kappa shape index (κ2) is 16.5. The number of ether oxygens (including phenoxy) is 1. The number of carbonyl (C=O) groups is 2. The molecule has 1 aromatic heterocycles. The summed E-state index contributed by atoms with van der Waals surface area (Å²) in [5.41, 5.74) is 9.23. The summed E-state index contributed by atoms with van der Waals surface area (Å²) in [5, 5.41) is 11.1. The molecule has 7 rings (SSSR count). The zero-order chi connectivity index (χ0) is 35.5. The number of carbonyl (C=O) groups excluding carboxylic acids is 2. The number of nitrogens with zero attached hydrogens (tertiary/aromatic N) is 6. The van der Waals surface area contributed by atoms with Crippen LogP contribution in [-0.4, -0.2) is 119 Å². The molecule has 3 N–H and O–H groups in total. The molecule has 0 unspecified atom stereocenters. The van der Waals surface area contributed by atoms with Crippen molar-refractivity contribution in [3.63, 3.8) is 0 Å². The molecule has 4 heterocycles. The molecule has 278 valence electrons. The number of amides is 2. The topological polar surface area (TPSA) is 128 Å². The molecular formula is C39H56ClN7O4. The highest BCUT2D eigenvalue weighted by molar-refractivity contribution is 6.30. The lowest BCUT2D eigenvalue weighted by molar-refractivity contribution is -0.138. The molecule has 4 atom stereocenters. The summed E-state index contributed by atoms with van der Waals surface area (Å²) in [5.74, 6) is 1.43. The third-order valence-corrected chi connectivity index (χ3v) is 12.5. The molecule has 2 amide bonds. The number of hydrogen-bond donors (Lipinski definition) is 2. The second-order valence-electron chi connectivity index (χ2n) is 15.6. The molecule has 0 bridgehead atoms. The van der Waals surface area contributed by atoms with Gasteiger partial charge < -0.3 is 35.2 Å². The van der Waals surface area contributed by atoms with Crippen LogP contribution in [0.2, 0.25) is 5.02 Å². The van der Waals surface area contributed by atoms with Crippen molar-refractivity contribution < 1.29 is 19.4 Å². The van der Waals surface area contributed by atoms with Crippen LogP contribution in [0.3, 0.4) is 0 Å². The van der Waals surface area contributed by atoms with Crippen LogP contribution in [0.25, 0.3) is 0 Å². The summed E-state index contributed by atoms with van der Waals surface area (Å²) in [6, 6.07) is 7.39. The summed E-state index contributed by atoms with van der Waals surface area (Å²) in [7, 11) is 0. The van der Waals surface area contributed by atoms with E-state index in [0.717, 1.165) is 87.3 Å². The smallest absolute Gasteiger partial charge is 0.239 e. The first-order chi connectivity index (χ1) is 24.7. The first-order valence-corrected chi connectivity index (χ1v) is 19.9. The summed E-state index contributed by atoms with van der Waals surface area (Å²) in [4.78, 5) is 45.0. The van der Waals surface area contributed by atoms with Crippen LogP contribution in [0.15, 0.2) is 30.6 Å². The lowest BCUT2D eigenvalue weighted by Gasteiger charge is -2.40. The van der Waals surface area contributed by atoms with Gasteiger partial charge in [0.2, 0.25) is 11.8 Å². The summed E-state index contributed by atoms with van der Waals surface area (Å²) >= 11 is 6.26. The number of nitrogens with two attached hydrogens (primary N) is 1. The Morgan fingerprint density at radius 1 is 0.863 bits per heavy atom. The molecule has 0 spiro atoms. The Kier molecular flexibility index (Phi) is 11.8. The fraction of sp³-hybridized carbons (Fsp3) is 0.692. The van der Waals surface area contributed by atoms with Crippen LogP contribution in [0.4, 0.5) is 5.82 Å². The standard InChI is InChI=1S/C39H56ClN7O4/c1-26-23-33(48)36-34(26)37(43-25-42-36)45-19-21-47(22-20-45)38(49)32(27-7-9-29(40)10-8-27)24-44-15-11-30(12-16-44)51-31-13-17-46(18-14-31)39(50)35(41)28-5-3-2-4-6-28/h7-10,25-26,28,30-33,35,48H,2-6,11-24,41H2,1H3/t26-,32-,33-,35-/m1/s1. The fourth-order valence-electron chi connectivity index (χ4n) is 9.21. The maximum Gasteiger partial charge on any atom is 0.239 e. The largest absolute Gasteiger partial charge is 0.387 e. The number of piperazine rings is 1. The molecule has 12 heteroatoms. The number of aliphatic hydroxyl groups excluding tert-OH is 1. The van der Waals surface area contributed by atoms with E-state index in [1.807, 2.05) is 34.1 Å². The molecule has 4 fully saturated rings. The number of anilines is 1. The Bertz CT molecular complexity index is 1480. The van der Waals surface area contributed by atoms with Crippen molar-refractivity contribution in [3.05, 3.63) is 52.4 Å². The van der Waals surface area contributed by atoms with Crippen molar-refractivity contribution in [3.8, 4) is 0 Å². The summed E-state index contributed by atoms with van der Waals surface area (Å²) in [6.07, 6.45) is 11.5. The molecule has 3 saturated heterocycles. The van der Waals surface area contributed by atoms with Crippen molar-refractivity contribution >= 4 is 29.2 Å². The Morgan fingerprint density at radius 3 is 2.16 bits per heavy atom. The van der Waals surface area contributed by atoms with Crippen molar-refractivity contribution in [1.29, 1.82) is 0 Å². The molecule has 51 heavy (non-hydrogen) atoms. The van der Waals surface area contributed by atoms with E-state index in [-0.39, 0.29) is 41.9 Å². The van der Waals surface area contributed by atoms with Gasteiger partial charge in [0.25, 0.3) is 0 Å². The molecule has 11 nitrogen and oxygen atoms in total. The maximum atomic E-state index is 14.2. The number of fused-ring (bicyclic) bond motifs is 1. The van der Waals surface area contributed by atoms with Gasteiger partial charge in [0, 0.05) is 69.5 Å². The van der Waals surface area contributed by atoms with Gasteiger partial charge in [0.1, 0.15) is 12.1 Å². The molecule has 1 saturated carbocycles. The zero-order valence-corrected chi connectivity index (χ0v) is 30.9. The van der Waals surface area contributed by atoms with Crippen LogP contribution in [-0.2, 0) is 14.3 Å². The van der Waals surface area contributed by atoms with E-state index >= 15 is 0 Å². The number of hydrogen-bond acceptors (Lipinski definition) is 9. The van der Waals surface area contributed by atoms with Gasteiger partial charge in [-0.05, 0) is 74.5 Å². The highest BCUT2D eigenvalue weighted by Gasteiger charge is 2.37. The van der Waals surface area contributed by atoms with Crippen LogP contribution in [0.5, 0.6) is 0 Å². The predicted octanol–water partition coefficient (Wildman–Crippen LogP) is 4.48. The zero-order valence-electron chi connectivity index (χ0n) is 30.2. The Hall–Kier alpha value is -2.83. The highest BCUT2D eigenvalue weighted by Crippen LogP contribution is 2.43. The fourth-order valence-corrected chi connectivity index (χ4v) is 9.34. The minimum absolute atomic E-state index is 0.129. The maximum absolute atomic E-state index is 14.2. The number of aromatic nitrogens is 2. The van der Waals surface area contributed by atoms with Gasteiger partial charge in [-0.3, -0.25) is 9.59 Å². The quantitative estimate of drug-likeness (QED) is 0.385. The number of halogens is 1. The van der Waals surface area contributed by atoms with Gasteiger partial charge >= 0.3 is 0 Å². The first-order valence-electron chi connectivity index (χ1n) is 19.5. The van der Waals surface area contributed by atoms with Crippen molar-refractivity contribution in [2.75, 3.05) is 63.8 Å². The van der Waals surface area contributed by atoms with Gasteiger partial charge in [0.15, 0.2) is 0 Å². The van der Waals surface area contributed by atoms with Gasteiger partial charge in [-0.25, -0.2) is 9.97 Å². The molecule has 3 aliphatic heterocycles. The van der Waals surface area contributed by atoms with Gasteiger partial charge in [-0.2, -0.15) is 0 Å². The first kappa shape index (κ1) is 36.5. The van der Waals surface area contributed by atoms with Gasteiger partial charge in [-0.1, -0.05) is 49.9 Å². The number of benzene rings is 1. The lowest BCUT2D eigenvalue weighted by Crippen LogP contribution is -2.52. The minimum Gasteiger partial charge on any atom is -0.387 e. The van der Waals surface area contributed by atoms with Crippen molar-refractivity contribution in [1.82, 2.24) is 24.7 Å². The third-order valence-electron chi connectivity index (χ3n) is 12.3. The second-order valence-corrected chi connectivity index (χ2v) is 16.1. The summed E-state index contributed by atoms with van der Waals surface area (Å²) < 4.78 is 6.60. The van der Waals surface area contributed by atoms with E-state index in [1.54, 1.807) is 6.33 Å². The Morgan fingerprint density at radius 2 is 1.49 bits per heavy atom. The van der Waals surface area contributed by atoms with Gasteiger partial charge in [-0.15, -0.1) is 0 Å². The van der Waals surface area contributed by atoms with Crippen LogP contribution >= 0.6 is 11.6 Å². The molecular weight excluding hydrogens is 666 g/mol. The molecule has 0 radical (unpaired) electrons. The summed E-state index contributed by atoms with van der Waals surface area (Å²) in [6.45, 7) is 8.61. The number of likely N-dealkylation sites (tertiary alicyclic amines) is 2. The molecule has 1 aromatic carbocycles. The third kappa shape index (κ3) is 8.38. The van der Waals surface area contributed by atoms with E-state index in [1.165, 1.54) is 19.3 Å². The average molecular weight is 722 g/mol. The van der Waals surface area contributed by atoms with E-state index in [2.05, 4.69) is 26.7 Å². The van der Waals surface area contributed by atoms with E-state index in [4.69, 9.17) is 22.1 Å². The normalized spacial score (nSPS) is 25.5.